The molecule has 4 nitrogen and oxygen atoms in total. The summed E-state index contributed by atoms with van der Waals surface area (Å²) in [7, 11) is 1.68. The number of ether oxygens (including phenoxy) is 1. The van der Waals surface area contributed by atoms with Crippen molar-refractivity contribution < 1.29 is 14.3 Å². The minimum atomic E-state index is -0.664. The lowest BCUT2D eigenvalue weighted by molar-refractivity contribution is -0.145. The number of hydrogen-bond donors (Lipinski definition) is 0. The number of para-hydroxylation sites is 1. The van der Waals surface area contributed by atoms with Crippen LogP contribution in [0.5, 0.6) is 0 Å². The molecule has 0 fully saturated rings. The van der Waals surface area contributed by atoms with Gasteiger partial charge in [-0.2, -0.15) is 0 Å². The first-order chi connectivity index (χ1) is 11.8. The van der Waals surface area contributed by atoms with Gasteiger partial charge >= 0.3 is 5.97 Å². The molecule has 0 aliphatic carbocycles. The van der Waals surface area contributed by atoms with E-state index in [0.29, 0.717) is 5.56 Å². The summed E-state index contributed by atoms with van der Waals surface area (Å²) in [6.07, 6.45) is 1.35. The van der Waals surface area contributed by atoms with Crippen molar-refractivity contribution in [3.8, 4) is 0 Å². The molecule has 2 aromatic carbocycles. The summed E-state index contributed by atoms with van der Waals surface area (Å²) in [6, 6.07) is 18.4. The first kappa shape index (κ1) is 18.5. The zero-order valence-electron chi connectivity index (χ0n) is 15.0. The number of anilines is 1. The van der Waals surface area contributed by atoms with Crippen LogP contribution in [0.1, 0.15) is 26.3 Å². The Hall–Kier alpha value is -2.88. The maximum absolute atomic E-state index is 12.6. The maximum Gasteiger partial charge on any atom is 0.316 e. The zero-order chi connectivity index (χ0) is 18.4. The molecule has 1 amide bonds. The summed E-state index contributed by atoms with van der Waals surface area (Å²) in [5.41, 5.74) is 0.774. The highest BCUT2D eigenvalue weighted by molar-refractivity contribution is 6.05. The third-order valence-corrected chi connectivity index (χ3v) is 3.60. The molecular formula is C21H23NO3. The first-order valence-corrected chi connectivity index (χ1v) is 8.11. The number of carbonyl (C=O) groups excluding carboxylic acids is 2. The molecule has 0 spiro atoms. The lowest BCUT2D eigenvalue weighted by Crippen LogP contribution is -2.26. The fourth-order valence-electron chi connectivity index (χ4n) is 2.01. The lowest BCUT2D eigenvalue weighted by atomic mass is 9.97. The molecule has 4 heteroatoms. The van der Waals surface area contributed by atoms with E-state index in [4.69, 9.17) is 4.74 Å². The Morgan fingerprint density at radius 3 is 1.96 bits per heavy atom. The molecule has 130 valence electrons. The number of amides is 1. The van der Waals surface area contributed by atoms with E-state index in [1.54, 1.807) is 40.0 Å². The Bertz CT molecular complexity index is 759. The van der Waals surface area contributed by atoms with Gasteiger partial charge in [-0.05, 0) is 32.9 Å². The summed E-state index contributed by atoms with van der Waals surface area (Å²) in [4.78, 5) is 26.4. The third-order valence-electron chi connectivity index (χ3n) is 3.60. The number of likely N-dealkylation sites (N-methyl/N-ethyl adjacent to an activating group) is 1. The van der Waals surface area contributed by atoms with Crippen LogP contribution in [0.25, 0.3) is 5.76 Å². The van der Waals surface area contributed by atoms with Crippen molar-refractivity contribution in [1.29, 1.82) is 0 Å². The number of benzene rings is 2. The summed E-state index contributed by atoms with van der Waals surface area (Å²) in [5, 5.41) is 0. The van der Waals surface area contributed by atoms with Gasteiger partial charge < -0.3 is 9.64 Å². The van der Waals surface area contributed by atoms with Crippen molar-refractivity contribution in [3.05, 3.63) is 72.3 Å². The number of rotatable bonds is 4. The Morgan fingerprint density at radius 1 is 0.920 bits per heavy atom. The minimum absolute atomic E-state index is 0.244. The number of nitrogens with zero attached hydrogens (tertiary/aromatic N) is 1. The van der Waals surface area contributed by atoms with E-state index >= 15 is 0 Å². The second-order valence-corrected chi connectivity index (χ2v) is 6.75. The Kier molecular flexibility index (Phi) is 5.75. The predicted molar refractivity (Wildman–Crippen MR) is 99.8 cm³/mol. The molecule has 0 heterocycles. The molecule has 25 heavy (non-hydrogen) atoms. The topological polar surface area (TPSA) is 46.6 Å². The SMILES string of the molecule is CN(C(=O)/C=C(/OC(=O)C(C)(C)C)c1ccccc1)c1ccccc1. The van der Waals surface area contributed by atoms with E-state index in [9.17, 15) is 9.59 Å². The van der Waals surface area contributed by atoms with Gasteiger partial charge in [0.2, 0.25) is 0 Å². The van der Waals surface area contributed by atoms with Crippen LogP contribution in [0, 0.1) is 5.41 Å². The van der Waals surface area contributed by atoms with Crippen LogP contribution in [-0.2, 0) is 14.3 Å². The molecule has 0 atom stereocenters. The Morgan fingerprint density at radius 2 is 1.44 bits per heavy atom. The average Bonchev–Trinajstić information content (AvgIpc) is 2.61. The molecule has 0 aliphatic heterocycles. The Balaban J connectivity index is 2.33. The zero-order valence-corrected chi connectivity index (χ0v) is 15.0. The smallest absolute Gasteiger partial charge is 0.316 e. The van der Waals surface area contributed by atoms with Gasteiger partial charge in [0, 0.05) is 24.4 Å². The van der Waals surface area contributed by atoms with E-state index in [2.05, 4.69) is 0 Å². The van der Waals surface area contributed by atoms with Crippen LogP contribution < -0.4 is 4.90 Å². The quantitative estimate of drug-likeness (QED) is 0.475. The second-order valence-electron chi connectivity index (χ2n) is 6.75. The number of carbonyl (C=O) groups is 2. The molecule has 0 aromatic heterocycles. The molecule has 0 N–H and O–H groups in total. The lowest BCUT2D eigenvalue weighted by Gasteiger charge is -2.19. The first-order valence-electron chi connectivity index (χ1n) is 8.11. The molecule has 0 bridgehead atoms. The molecule has 0 radical (unpaired) electrons. The van der Waals surface area contributed by atoms with Gasteiger partial charge in [-0.25, -0.2) is 0 Å². The van der Waals surface area contributed by atoms with Crippen molar-refractivity contribution in [3.63, 3.8) is 0 Å². The van der Waals surface area contributed by atoms with E-state index in [1.165, 1.54) is 11.0 Å². The monoisotopic (exact) mass is 337 g/mol. The second kappa shape index (κ2) is 7.79. The van der Waals surface area contributed by atoms with Gasteiger partial charge in [-0.15, -0.1) is 0 Å². The summed E-state index contributed by atoms with van der Waals surface area (Å²) < 4.78 is 5.53. The summed E-state index contributed by atoms with van der Waals surface area (Å²) in [5.74, 6) is -0.419. The largest absolute Gasteiger partial charge is 0.425 e. The van der Waals surface area contributed by atoms with Crippen LogP contribution in [0.4, 0.5) is 5.69 Å². The summed E-state index contributed by atoms with van der Waals surface area (Å²) >= 11 is 0. The van der Waals surface area contributed by atoms with Crippen molar-refractivity contribution in [2.45, 2.75) is 20.8 Å². The normalized spacial score (nSPS) is 11.8. The molecule has 0 saturated carbocycles. The van der Waals surface area contributed by atoms with Crippen molar-refractivity contribution in [1.82, 2.24) is 0 Å². The molecule has 0 aliphatic rings. The van der Waals surface area contributed by atoms with Gasteiger partial charge in [-0.1, -0.05) is 48.5 Å². The standard InChI is InChI=1S/C21H23NO3/c1-21(2,3)20(24)25-18(16-11-7-5-8-12-16)15-19(23)22(4)17-13-9-6-10-14-17/h5-15H,1-4H3/b18-15+. The average molecular weight is 337 g/mol. The van der Waals surface area contributed by atoms with Crippen molar-refractivity contribution in [2.75, 3.05) is 11.9 Å². The van der Waals surface area contributed by atoms with Gasteiger partial charge in [-0.3, -0.25) is 9.59 Å². The molecule has 0 unspecified atom stereocenters. The predicted octanol–water partition coefficient (Wildman–Crippen LogP) is 4.28. The molecular weight excluding hydrogens is 314 g/mol. The maximum atomic E-state index is 12.6. The number of hydrogen-bond acceptors (Lipinski definition) is 3. The van der Waals surface area contributed by atoms with Gasteiger partial charge in [0.15, 0.2) is 0 Å². The fourth-order valence-corrected chi connectivity index (χ4v) is 2.01. The number of esters is 1. The van der Waals surface area contributed by atoms with Crippen LogP contribution in [0.2, 0.25) is 0 Å². The van der Waals surface area contributed by atoms with E-state index in [0.717, 1.165) is 5.69 Å². The van der Waals surface area contributed by atoms with Gasteiger partial charge in [0.25, 0.3) is 5.91 Å². The Labute approximate surface area is 148 Å². The van der Waals surface area contributed by atoms with Gasteiger partial charge in [0.05, 0.1) is 5.41 Å². The highest BCUT2D eigenvalue weighted by atomic mass is 16.5. The van der Waals surface area contributed by atoms with E-state index in [-0.39, 0.29) is 11.7 Å². The van der Waals surface area contributed by atoms with Crippen molar-refractivity contribution in [2.24, 2.45) is 5.41 Å². The van der Waals surface area contributed by atoms with Crippen LogP contribution in [-0.4, -0.2) is 18.9 Å². The van der Waals surface area contributed by atoms with Crippen LogP contribution >= 0.6 is 0 Å². The highest BCUT2D eigenvalue weighted by Gasteiger charge is 2.25. The van der Waals surface area contributed by atoms with Crippen LogP contribution in [0.3, 0.4) is 0 Å². The van der Waals surface area contributed by atoms with Crippen molar-refractivity contribution >= 4 is 23.3 Å². The third kappa shape index (κ3) is 5.05. The minimum Gasteiger partial charge on any atom is -0.425 e. The fraction of sp³-hybridized carbons (Fsp3) is 0.238. The van der Waals surface area contributed by atoms with Gasteiger partial charge in [0.1, 0.15) is 5.76 Å². The van der Waals surface area contributed by atoms with Crippen LogP contribution in [0.15, 0.2) is 66.7 Å². The molecule has 0 saturated heterocycles. The van der Waals surface area contributed by atoms with E-state index < -0.39 is 11.4 Å². The van der Waals surface area contributed by atoms with E-state index in [1.807, 2.05) is 48.5 Å². The highest BCUT2D eigenvalue weighted by Crippen LogP contribution is 2.23. The summed E-state index contributed by atoms with van der Waals surface area (Å²) in [6.45, 7) is 5.32. The molecule has 2 rings (SSSR count). The molecule has 2 aromatic rings.